The number of amides is 1. The Bertz CT molecular complexity index is 933. The van der Waals surface area contributed by atoms with Crippen LogP contribution in [-0.2, 0) is 23.6 Å². The number of rotatable bonds is 3. The molecule has 0 saturated carbocycles. The number of carbonyl (C=O) groups excluding carboxylic acids is 1. The zero-order valence-corrected chi connectivity index (χ0v) is 14.1. The van der Waals surface area contributed by atoms with E-state index in [1.54, 1.807) is 0 Å². The fourth-order valence-corrected chi connectivity index (χ4v) is 2.49. The highest BCUT2D eigenvalue weighted by atomic mass is 19.4. The van der Waals surface area contributed by atoms with E-state index < -0.39 is 64.8 Å². The molecule has 0 heterocycles. The minimum Gasteiger partial charge on any atom is -0.321 e. The van der Waals surface area contributed by atoms with Gasteiger partial charge >= 0.3 is 12.4 Å². The Kier molecular flexibility index (Phi) is 5.87. The van der Waals surface area contributed by atoms with Crippen molar-refractivity contribution in [1.82, 2.24) is 0 Å². The molecule has 0 atom stereocenters. The predicted molar refractivity (Wildman–Crippen MR) is 79.8 cm³/mol. The normalized spacial score (nSPS) is 12.2. The van der Waals surface area contributed by atoms with Gasteiger partial charge in [-0.05, 0) is 24.6 Å². The highest BCUT2D eigenvalue weighted by Gasteiger charge is 2.42. The Morgan fingerprint density at radius 1 is 0.828 bits per heavy atom. The van der Waals surface area contributed by atoms with E-state index in [0.29, 0.717) is 6.07 Å². The molecule has 2 aromatic carbocycles. The van der Waals surface area contributed by atoms with E-state index in [0.717, 1.165) is 12.1 Å². The van der Waals surface area contributed by atoms with Gasteiger partial charge in [0.15, 0.2) is 23.3 Å². The number of nitrogens with one attached hydrogen (secondary N) is 1. The zero-order valence-electron chi connectivity index (χ0n) is 14.1. The van der Waals surface area contributed by atoms with Crippen LogP contribution in [0.2, 0.25) is 0 Å². The summed E-state index contributed by atoms with van der Waals surface area (Å²) in [4.78, 5) is 11.9. The molecule has 0 aromatic heterocycles. The standard InChI is InChI=1S/C17H9F10NO/c1-6-2-7(4-8(3-6)16(22,23)24)5-9(29)28-15-13(20)11(18)10(17(25,26)27)12(19)14(15)21/h2-4H,5H2,1H3,(H,28,29). The fourth-order valence-electron chi connectivity index (χ4n) is 2.49. The molecule has 0 aliphatic heterocycles. The van der Waals surface area contributed by atoms with E-state index in [4.69, 9.17) is 0 Å². The third-order valence-corrected chi connectivity index (χ3v) is 3.64. The van der Waals surface area contributed by atoms with Gasteiger partial charge in [0.2, 0.25) is 5.91 Å². The van der Waals surface area contributed by atoms with Crippen LogP contribution < -0.4 is 5.32 Å². The second-order valence-corrected chi connectivity index (χ2v) is 5.93. The summed E-state index contributed by atoms with van der Waals surface area (Å²) in [6.45, 7) is 1.27. The van der Waals surface area contributed by atoms with Gasteiger partial charge in [0.05, 0.1) is 12.0 Å². The first-order chi connectivity index (χ1) is 13.1. The summed E-state index contributed by atoms with van der Waals surface area (Å²) in [7, 11) is 0. The second kappa shape index (κ2) is 7.56. The molecule has 0 fully saturated rings. The molecule has 0 radical (unpaired) electrons. The zero-order chi connectivity index (χ0) is 22.3. The summed E-state index contributed by atoms with van der Waals surface area (Å²) in [6.07, 6.45) is -11.4. The van der Waals surface area contributed by atoms with Gasteiger partial charge in [0.25, 0.3) is 0 Å². The number of halogens is 10. The molecule has 0 spiro atoms. The highest BCUT2D eigenvalue weighted by Crippen LogP contribution is 2.38. The van der Waals surface area contributed by atoms with E-state index in [1.165, 1.54) is 12.2 Å². The van der Waals surface area contributed by atoms with E-state index >= 15 is 0 Å². The predicted octanol–water partition coefficient (Wildman–Crippen LogP) is 5.77. The summed E-state index contributed by atoms with van der Waals surface area (Å²) in [6, 6.07) is 2.46. The van der Waals surface area contributed by atoms with Gasteiger partial charge in [-0.1, -0.05) is 11.6 Å². The van der Waals surface area contributed by atoms with Crippen LogP contribution in [0.4, 0.5) is 49.6 Å². The molecule has 0 saturated heterocycles. The Balaban J connectivity index is 2.37. The van der Waals surface area contributed by atoms with Gasteiger partial charge in [0, 0.05) is 0 Å². The van der Waals surface area contributed by atoms with E-state index in [2.05, 4.69) is 0 Å². The number of aryl methyl sites for hydroxylation is 1. The van der Waals surface area contributed by atoms with Crippen LogP contribution in [0, 0.1) is 30.2 Å². The Labute approximate surface area is 156 Å². The van der Waals surface area contributed by atoms with Crippen molar-refractivity contribution >= 4 is 11.6 Å². The van der Waals surface area contributed by atoms with Crippen LogP contribution in [0.5, 0.6) is 0 Å². The molecular formula is C17H9F10NO. The number of carbonyl (C=O) groups is 1. The summed E-state index contributed by atoms with van der Waals surface area (Å²) in [5.41, 5.74) is -5.94. The number of anilines is 1. The van der Waals surface area contributed by atoms with Gasteiger partial charge in [-0.15, -0.1) is 0 Å². The molecule has 0 aliphatic carbocycles. The minimum absolute atomic E-state index is 0.0894. The topological polar surface area (TPSA) is 29.1 Å². The highest BCUT2D eigenvalue weighted by molar-refractivity contribution is 5.92. The Hall–Kier alpha value is -2.79. The quantitative estimate of drug-likeness (QED) is 0.483. The SMILES string of the molecule is Cc1cc(CC(=O)Nc2c(F)c(F)c(C(F)(F)F)c(F)c2F)cc(C(F)(F)F)c1. The van der Waals surface area contributed by atoms with Crippen LogP contribution in [0.3, 0.4) is 0 Å². The second-order valence-electron chi connectivity index (χ2n) is 5.93. The summed E-state index contributed by atoms with van der Waals surface area (Å²) in [5, 5.41) is 1.35. The third kappa shape index (κ3) is 4.80. The van der Waals surface area contributed by atoms with Crippen molar-refractivity contribution in [3.05, 3.63) is 63.7 Å². The lowest BCUT2D eigenvalue weighted by atomic mass is 10.0. The van der Waals surface area contributed by atoms with Crippen molar-refractivity contribution in [2.75, 3.05) is 5.32 Å². The lowest BCUT2D eigenvalue weighted by Gasteiger charge is -2.15. The lowest BCUT2D eigenvalue weighted by molar-refractivity contribution is -0.143. The molecule has 0 unspecified atom stereocenters. The molecular weight excluding hydrogens is 424 g/mol. The fraction of sp³-hybridized carbons (Fsp3) is 0.235. The maximum absolute atomic E-state index is 13.8. The summed E-state index contributed by atoms with van der Waals surface area (Å²) < 4.78 is 131. The third-order valence-electron chi connectivity index (χ3n) is 3.64. The van der Waals surface area contributed by atoms with Gasteiger partial charge in [-0.3, -0.25) is 4.79 Å². The van der Waals surface area contributed by atoms with E-state index in [-0.39, 0.29) is 11.1 Å². The van der Waals surface area contributed by atoms with Crippen molar-refractivity contribution in [3.63, 3.8) is 0 Å². The van der Waals surface area contributed by atoms with Crippen molar-refractivity contribution in [1.29, 1.82) is 0 Å². The number of hydrogen-bond acceptors (Lipinski definition) is 1. The lowest BCUT2D eigenvalue weighted by Crippen LogP contribution is -2.21. The molecule has 0 aliphatic rings. The maximum Gasteiger partial charge on any atom is 0.422 e. The summed E-state index contributed by atoms with van der Waals surface area (Å²) in [5.74, 6) is -12.0. The van der Waals surface area contributed by atoms with E-state index in [9.17, 15) is 48.7 Å². The van der Waals surface area contributed by atoms with Gasteiger partial charge in [-0.25, -0.2) is 17.6 Å². The van der Waals surface area contributed by atoms with Crippen molar-refractivity contribution < 1.29 is 48.7 Å². The summed E-state index contributed by atoms with van der Waals surface area (Å²) >= 11 is 0. The monoisotopic (exact) mass is 433 g/mol. The maximum atomic E-state index is 13.8. The first-order valence-corrected chi connectivity index (χ1v) is 7.53. The average molecular weight is 433 g/mol. The van der Waals surface area contributed by atoms with Crippen LogP contribution >= 0.6 is 0 Å². The molecule has 1 N–H and O–H groups in total. The average Bonchev–Trinajstić information content (AvgIpc) is 2.54. The molecule has 29 heavy (non-hydrogen) atoms. The van der Waals surface area contributed by atoms with Gasteiger partial charge in [-0.2, -0.15) is 26.3 Å². The van der Waals surface area contributed by atoms with Gasteiger partial charge in [0.1, 0.15) is 11.3 Å². The number of hydrogen-bond donors (Lipinski definition) is 1. The molecule has 1 amide bonds. The Morgan fingerprint density at radius 3 is 1.79 bits per heavy atom. The van der Waals surface area contributed by atoms with Crippen molar-refractivity contribution in [3.8, 4) is 0 Å². The van der Waals surface area contributed by atoms with Gasteiger partial charge < -0.3 is 5.32 Å². The molecule has 2 nitrogen and oxygen atoms in total. The first kappa shape index (κ1) is 22.5. The molecule has 2 rings (SSSR count). The number of alkyl halides is 6. The van der Waals surface area contributed by atoms with E-state index in [1.807, 2.05) is 0 Å². The van der Waals surface area contributed by atoms with Crippen molar-refractivity contribution in [2.45, 2.75) is 25.7 Å². The van der Waals surface area contributed by atoms with Crippen molar-refractivity contribution in [2.24, 2.45) is 0 Å². The van der Waals surface area contributed by atoms with Crippen LogP contribution in [-0.4, -0.2) is 5.91 Å². The molecule has 12 heteroatoms. The van der Waals surface area contributed by atoms with Crippen LogP contribution in [0.1, 0.15) is 22.3 Å². The molecule has 0 bridgehead atoms. The number of benzene rings is 2. The smallest absolute Gasteiger partial charge is 0.321 e. The van der Waals surface area contributed by atoms with Crippen LogP contribution in [0.25, 0.3) is 0 Å². The molecule has 158 valence electrons. The largest absolute Gasteiger partial charge is 0.422 e. The minimum atomic E-state index is -5.76. The molecule has 2 aromatic rings. The first-order valence-electron chi connectivity index (χ1n) is 7.53. The Morgan fingerprint density at radius 2 is 1.34 bits per heavy atom. The van der Waals surface area contributed by atoms with Crippen LogP contribution in [0.15, 0.2) is 18.2 Å².